The maximum atomic E-state index is 15.4. The minimum Gasteiger partial charge on any atom is -0.346 e. The number of benzene rings is 2. The van der Waals surface area contributed by atoms with Gasteiger partial charge in [-0.3, -0.25) is 19.2 Å². The van der Waals surface area contributed by atoms with Crippen LogP contribution in [-0.2, 0) is 14.2 Å². The maximum absolute atomic E-state index is 15.4. The topological polar surface area (TPSA) is 93.8 Å². The molecular formula is C29H40N5O3P. The van der Waals surface area contributed by atoms with E-state index < -0.39 is 13.5 Å². The lowest BCUT2D eigenvalue weighted by molar-refractivity contribution is -0.126. The highest BCUT2D eigenvalue weighted by atomic mass is 31.2. The first-order valence-corrected chi connectivity index (χ1v) is 15.6. The second-order valence-corrected chi connectivity index (χ2v) is 13.0. The Balaban J connectivity index is 1.47. The second-order valence-electron chi connectivity index (χ2n) is 10.8. The van der Waals surface area contributed by atoms with Gasteiger partial charge in [-0.2, -0.15) is 0 Å². The van der Waals surface area contributed by atoms with Gasteiger partial charge in [-0.05, 0) is 57.2 Å². The van der Waals surface area contributed by atoms with Gasteiger partial charge < -0.3 is 10.6 Å². The highest BCUT2D eigenvalue weighted by molar-refractivity contribution is 7.58. The smallest absolute Gasteiger partial charge is 0.312 e. The lowest BCUT2D eigenvalue weighted by Gasteiger charge is -2.38. The number of rotatable bonds is 8. The van der Waals surface area contributed by atoms with Crippen LogP contribution >= 0.6 is 7.59 Å². The maximum Gasteiger partial charge on any atom is 0.312 e. The molecule has 0 unspecified atom stereocenters. The molecule has 8 nitrogen and oxygen atoms in total. The van der Waals surface area contributed by atoms with Gasteiger partial charge in [0.15, 0.2) is 0 Å². The molecule has 5 rings (SSSR count). The standard InChI is InChI=1S/C29H40N5O3P/c1-21(23-12-5-3-6-13-23)33-26-17-9-10-18-27(26)34(22(2)24-14-7-4-8-15-24)38(33,37)32-28(35)20-31-29(36)25-16-11-19-30-25/h3-8,12-15,21-22,25-27,30H,9-11,16-20H2,1-2H3,(H,31,36)(H,32,35,37)/t21-,22-,25-,26-,27-/m1/s1. The quantitative estimate of drug-likeness (QED) is 0.429. The summed E-state index contributed by atoms with van der Waals surface area (Å²) in [5.41, 5.74) is 2.14. The van der Waals surface area contributed by atoms with Crippen LogP contribution in [0.15, 0.2) is 60.7 Å². The number of nitrogens with one attached hydrogen (secondary N) is 3. The van der Waals surface area contributed by atoms with E-state index in [0.29, 0.717) is 0 Å². The summed E-state index contributed by atoms with van der Waals surface area (Å²) in [6.45, 7) is 4.78. The van der Waals surface area contributed by atoms with Crippen molar-refractivity contribution in [3.63, 3.8) is 0 Å². The molecule has 5 atom stereocenters. The first-order valence-electron chi connectivity index (χ1n) is 14.0. The number of carbonyl (C=O) groups is 2. The van der Waals surface area contributed by atoms with E-state index in [-0.39, 0.29) is 42.7 Å². The normalized spacial score (nSPS) is 26.8. The van der Waals surface area contributed by atoms with E-state index in [0.717, 1.165) is 56.2 Å². The summed E-state index contributed by atoms with van der Waals surface area (Å²) in [6.07, 6.45) is 5.73. The highest BCUT2D eigenvalue weighted by Crippen LogP contribution is 2.66. The van der Waals surface area contributed by atoms with Crippen molar-refractivity contribution >= 4 is 19.4 Å². The zero-order chi connectivity index (χ0) is 26.7. The third-order valence-corrected chi connectivity index (χ3v) is 11.5. The Morgan fingerprint density at radius 3 is 1.87 bits per heavy atom. The monoisotopic (exact) mass is 537 g/mol. The van der Waals surface area contributed by atoms with Crippen LogP contribution in [0.5, 0.6) is 0 Å². The Morgan fingerprint density at radius 2 is 1.39 bits per heavy atom. The first kappa shape index (κ1) is 27.1. The summed E-state index contributed by atoms with van der Waals surface area (Å²) < 4.78 is 19.6. The molecule has 3 fully saturated rings. The largest absolute Gasteiger partial charge is 0.346 e. The van der Waals surface area contributed by atoms with Crippen LogP contribution in [0, 0.1) is 0 Å². The first-order chi connectivity index (χ1) is 18.4. The Morgan fingerprint density at radius 1 is 0.868 bits per heavy atom. The van der Waals surface area contributed by atoms with E-state index in [9.17, 15) is 9.59 Å². The number of fused-ring (bicyclic) bond motifs is 1. The summed E-state index contributed by atoms with van der Waals surface area (Å²) in [7, 11) is -3.58. The van der Waals surface area contributed by atoms with Gasteiger partial charge in [-0.1, -0.05) is 73.5 Å². The van der Waals surface area contributed by atoms with Gasteiger partial charge in [0.25, 0.3) is 0 Å². The molecule has 2 aromatic rings. The molecule has 2 heterocycles. The molecule has 38 heavy (non-hydrogen) atoms. The van der Waals surface area contributed by atoms with Gasteiger partial charge in [0, 0.05) is 24.2 Å². The van der Waals surface area contributed by atoms with Crippen molar-refractivity contribution in [2.75, 3.05) is 13.1 Å². The van der Waals surface area contributed by atoms with Gasteiger partial charge in [-0.15, -0.1) is 0 Å². The van der Waals surface area contributed by atoms with Crippen molar-refractivity contribution in [1.29, 1.82) is 0 Å². The average molecular weight is 538 g/mol. The van der Waals surface area contributed by atoms with E-state index in [4.69, 9.17) is 0 Å². The Hall–Kier alpha value is -2.51. The zero-order valence-corrected chi connectivity index (χ0v) is 23.3. The summed E-state index contributed by atoms with van der Waals surface area (Å²) in [4.78, 5) is 25.9. The van der Waals surface area contributed by atoms with Crippen molar-refractivity contribution in [2.45, 2.75) is 82.6 Å². The molecule has 2 amide bonds. The number of nitrogens with zero attached hydrogens (tertiary/aromatic N) is 2. The predicted molar refractivity (Wildman–Crippen MR) is 149 cm³/mol. The van der Waals surface area contributed by atoms with Gasteiger partial charge >= 0.3 is 7.59 Å². The van der Waals surface area contributed by atoms with Crippen LogP contribution in [0.1, 0.15) is 75.6 Å². The molecule has 204 valence electrons. The Kier molecular flexibility index (Phi) is 8.34. The van der Waals surface area contributed by atoms with Crippen LogP contribution in [0.3, 0.4) is 0 Å². The number of hydrogen-bond acceptors (Lipinski definition) is 4. The predicted octanol–water partition coefficient (Wildman–Crippen LogP) is 4.53. The molecule has 2 aliphatic heterocycles. The molecule has 1 saturated carbocycles. The summed E-state index contributed by atoms with van der Waals surface area (Å²) in [6, 6.07) is 19.8. The molecule has 2 saturated heterocycles. The summed E-state index contributed by atoms with van der Waals surface area (Å²) >= 11 is 0. The SMILES string of the molecule is C[C@H](c1ccccc1)N1[C@@H]2CCCC[C@H]2N([C@H](C)c2ccccc2)P1(=O)NC(=O)CNC(=O)[C@H]1CCCN1. The van der Waals surface area contributed by atoms with E-state index in [2.05, 4.69) is 63.2 Å². The minimum absolute atomic E-state index is 0.0635. The fourth-order valence-corrected chi connectivity index (χ4v) is 9.98. The second kappa shape index (κ2) is 11.7. The van der Waals surface area contributed by atoms with Gasteiger partial charge in [0.1, 0.15) is 0 Å². The molecule has 0 spiro atoms. The summed E-state index contributed by atoms with van der Waals surface area (Å²) in [5, 5.41) is 8.91. The lowest BCUT2D eigenvalue weighted by atomic mass is 9.88. The average Bonchev–Trinajstić information content (AvgIpc) is 3.57. The van der Waals surface area contributed by atoms with Crippen LogP contribution in [0.4, 0.5) is 0 Å². The molecule has 1 aliphatic carbocycles. The molecule has 0 radical (unpaired) electrons. The molecule has 0 aromatic heterocycles. The van der Waals surface area contributed by atoms with Crippen LogP contribution in [0.25, 0.3) is 0 Å². The number of amides is 2. The van der Waals surface area contributed by atoms with Crippen molar-refractivity contribution in [3.8, 4) is 0 Å². The fourth-order valence-electron chi connectivity index (χ4n) is 6.56. The van der Waals surface area contributed by atoms with Crippen LogP contribution in [-0.4, -0.2) is 52.4 Å². The van der Waals surface area contributed by atoms with E-state index in [1.165, 1.54) is 0 Å². The molecule has 9 heteroatoms. The molecule has 3 N–H and O–H groups in total. The third-order valence-electron chi connectivity index (χ3n) is 8.43. The van der Waals surface area contributed by atoms with Crippen molar-refractivity contribution in [1.82, 2.24) is 25.1 Å². The summed E-state index contributed by atoms with van der Waals surface area (Å²) in [5.74, 6) is -0.603. The molecular weight excluding hydrogens is 497 g/mol. The Bertz CT molecular complexity index is 1090. The van der Waals surface area contributed by atoms with Crippen LogP contribution in [0.2, 0.25) is 0 Å². The zero-order valence-electron chi connectivity index (χ0n) is 22.4. The van der Waals surface area contributed by atoms with Crippen molar-refractivity contribution in [3.05, 3.63) is 71.8 Å². The molecule has 0 bridgehead atoms. The van der Waals surface area contributed by atoms with E-state index in [1.54, 1.807) is 0 Å². The van der Waals surface area contributed by atoms with Gasteiger partial charge in [0.05, 0.1) is 12.6 Å². The van der Waals surface area contributed by atoms with Gasteiger partial charge in [0.2, 0.25) is 11.8 Å². The molecule has 2 aromatic carbocycles. The van der Waals surface area contributed by atoms with Crippen molar-refractivity contribution in [2.24, 2.45) is 0 Å². The van der Waals surface area contributed by atoms with E-state index in [1.807, 2.05) is 36.4 Å². The highest BCUT2D eigenvalue weighted by Gasteiger charge is 2.59. The van der Waals surface area contributed by atoms with E-state index >= 15 is 4.57 Å². The van der Waals surface area contributed by atoms with Crippen molar-refractivity contribution < 1.29 is 14.2 Å². The number of hydrogen-bond donors (Lipinski definition) is 3. The number of carbonyl (C=O) groups excluding carboxylic acids is 2. The third kappa shape index (κ3) is 5.32. The fraction of sp³-hybridized carbons (Fsp3) is 0.517. The Labute approximate surface area is 226 Å². The van der Waals surface area contributed by atoms with Crippen LogP contribution < -0.4 is 15.7 Å². The minimum atomic E-state index is -3.58. The molecule has 3 aliphatic rings. The van der Waals surface area contributed by atoms with Gasteiger partial charge in [-0.25, -0.2) is 9.34 Å². The lowest BCUT2D eigenvalue weighted by Crippen LogP contribution is -2.46.